The highest BCUT2D eigenvalue weighted by Gasteiger charge is 2.19. The first-order chi connectivity index (χ1) is 6.84. The van der Waals surface area contributed by atoms with Crippen LogP contribution < -0.4 is 5.73 Å². The van der Waals surface area contributed by atoms with Crippen LogP contribution in [-0.4, -0.2) is 52.7 Å². The molecule has 0 fully saturated rings. The molecule has 0 aromatic rings. The Kier molecular flexibility index (Phi) is 5.88. The molecular weight excluding hydrogens is 200 g/mol. The molecule has 0 saturated heterocycles. The van der Waals surface area contributed by atoms with Crippen LogP contribution in [0, 0.1) is 0 Å². The minimum atomic E-state index is -0.976. The summed E-state index contributed by atoms with van der Waals surface area (Å²) in [6.07, 6.45) is -0.640. The largest absolute Gasteiger partial charge is 0.481 e. The lowest BCUT2D eigenvalue weighted by Crippen LogP contribution is -2.44. The highest BCUT2D eigenvalue weighted by molar-refractivity contribution is 5.82. The second-order valence-corrected chi connectivity index (χ2v) is 3.61. The van der Waals surface area contributed by atoms with E-state index >= 15 is 0 Å². The van der Waals surface area contributed by atoms with Gasteiger partial charge in [-0.2, -0.15) is 0 Å². The van der Waals surface area contributed by atoms with Gasteiger partial charge in [0.15, 0.2) is 0 Å². The average Bonchev–Trinajstić information content (AvgIpc) is 2.11. The van der Waals surface area contributed by atoms with E-state index in [2.05, 4.69) is 0 Å². The minimum Gasteiger partial charge on any atom is -0.481 e. The number of carboxylic acids is 1. The molecule has 0 aliphatic heterocycles. The van der Waals surface area contributed by atoms with Crippen molar-refractivity contribution in [3.8, 4) is 0 Å². The molecule has 2 unspecified atom stereocenters. The van der Waals surface area contributed by atoms with E-state index in [9.17, 15) is 9.59 Å². The second-order valence-electron chi connectivity index (χ2n) is 3.61. The Morgan fingerprint density at radius 1 is 1.47 bits per heavy atom. The topological polar surface area (TPSA) is 104 Å². The van der Waals surface area contributed by atoms with E-state index in [1.54, 1.807) is 6.92 Å². The third kappa shape index (κ3) is 6.03. The van der Waals surface area contributed by atoms with Crippen molar-refractivity contribution in [1.82, 2.24) is 4.90 Å². The number of rotatable bonds is 6. The Bertz CT molecular complexity index is 230. The van der Waals surface area contributed by atoms with E-state index in [0.29, 0.717) is 0 Å². The summed E-state index contributed by atoms with van der Waals surface area (Å²) in [6.45, 7) is 1.76. The van der Waals surface area contributed by atoms with Gasteiger partial charge in [-0.25, -0.2) is 0 Å². The van der Waals surface area contributed by atoms with Gasteiger partial charge in [-0.15, -0.1) is 0 Å². The van der Waals surface area contributed by atoms with E-state index in [1.807, 2.05) is 0 Å². The predicted molar refractivity (Wildman–Crippen MR) is 54.2 cm³/mol. The van der Waals surface area contributed by atoms with Gasteiger partial charge < -0.3 is 20.8 Å². The van der Waals surface area contributed by atoms with Gasteiger partial charge in [-0.3, -0.25) is 9.59 Å². The van der Waals surface area contributed by atoms with Gasteiger partial charge in [0.25, 0.3) is 0 Å². The van der Waals surface area contributed by atoms with Crippen LogP contribution in [0.1, 0.15) is 19.8 Å². The summed E-state index contributed by atoms with van der Waals surface area (Å²) in [5.74, 6) is -1.33. The van der Waals surface area contributed by atoms with Crippen molar-refractivity contribution in [2.45, 2.75) is 31.9 Å². The van der Waals surface area contributed by atoms with Crippen molar-refractivity contribution < 1.29 is 19.8 Å². The third-order valence-corrected chi connectivity index (χ3v) is 1.90. The molecule has 15 heavy (non-hydrogen) atoms. The highest BCUT2D eigenvalue weighted by Crippen LogP contribution is 2.00. The van der Waals surface area contributed by atoms with Crippen LogP contribution in [0.3, 0.4) is 0 Å². The minimum absolute atomic E-state index is 0.109. The molecule has 0 rings (SSSR count). The van der Waals surface area contributed by atoms with E-state index in [-0.39, 0.29) is 25.3 Å². The number of carbonyl (C=O) groups excluding carboxylic acids is 1. The van der Waals surface area contributed by atoms with Crippen molar-refractivity contribution >= 4 is 11.9 Å². The summed E-state index contributed by atoms with van der Waals surface area (Å²) in [4.78, 5) is 23.0. The number of aliphatic hydroxyl groups excluding tert-OH is 1. The van der Waals surface area contributed by atoms with Gasteiger partial charge in [0.05, 0.1) is 12.1 Å². The fourth-order valence-corrected chi connectivity index (χ4v) is 1.17. The molecule has 0 aliphatic rings. The summed E-state index contributed by atoms with van der Waals surface area (Å²) >= 11 is 0. The Balaban J connectivity index is 4.01. The number of nitrogens with zero attached hydrogens (tertiary/aromatic N) is 1. The maximum Gasteiger partial charge on any atom is 0.303 e. The summed E-state index contributed by atoms with van der Waals surface area (Å²) < 4.78 is 0. The molecule has 0 saturated carbocycles. The lowest BCUT2D eigenvalue weighted by Gasteiger charge is -2.22. The normalized spacial score (nSPS) is 14.4. The smallest absolute Gasteiger partial charge is 0.303 e. The molecule has 88 valence electrons. The number of likely N-dealkylation sites (N-methyl/N-ethyl adjacent to an activating group) is 1. The zero-order valence-electron chi connectivity index (χ0n) is 9.01. The Labute approximate surface area is 88.7 Å². The maximum atomic E-state index is 11.5. The SMILES string of the molecule is CC(O)CN(C)C(=O)C(N)CCC(=O)O. The molecule has 4 N–H and O–H groups in total. The van der Waals surface area contributed by atoms with E-state index < -0.39 is 18.1 Å². The summed E-state index contributed by atoms with van der Waals surface area (Å²) in [6, 6.07) is -0.815. The lowest BCUT2D eigenvalue weighted by atomic mass is 10.1. The van der Waals surface area contributed by atoms with Crippen LogP contribution in [-0.2, 0) is 9.59 Å². The fourth-order valence-electron chi connectivity index (χ4n) is 1.17. The van der Waals surface area contributed by atoms with Gasteiger partial charge in [-0.05, 0) is 13.3 Å². The molecule has 0 heterocycles. The molecule has 2 atom stereocenters. The van der Waals surface area contributed by atoms with Crippen molar-refractivity contribution in [2.24, 2.45) is 5.73 Å². The number of hydrogen-bond acceptors (Lipinski definition) is 4. The Morgan fingerprint density at radius 2 is 2.00 bits per heavy atom. The number of amides is 1. The summed E-state index contributed by atoms with van der Waals surface area (Å²) in [5.41, 5.74) is 5.51. The molecule has 0 aromatic carbocycles. The van der Waals surface area contributed by atoms with Crippen molar-refractivity contribution in [3.05, 3.63) is 0 Å². The van der Waals surface area contributed by atoms with Gasteiger partial charge in [0.2, 0.25) is 5.91 Å². The third-order valence-electron chi connectivity index (χ3n) is 1.90. The number of aliphatic hydroxyl groups is 1. The van der Waals surface area contributed by atoms with E-state index in [0.717, 1.165) is 0 Å². The van der Waals surface area contributed by atoms with Gasteiger partial charge in [-0.1, -0.05) is 0 Å². The number of aliphatic carboxylic acids is 1. The highest BCUT2D eigenvalue weighted by atomic mass is 16.4. The van der Waals surface area contributed by atoms with Crippen LogP contribution in [0.2, 0.25) is 0 Å². The van der Waals surface area contributed by atoms with Gasteiger partial charge in [0, 0.05) is 20.0 Å². The van der Waals surface area contributed by atoms with E-state index in [4.69, 9.17) is 15.9 Å². The molecule has 6 nitrogen and oxygen atoms in total. The summed E-state index contributed by atoms with van der Waals surface area (Å²) in [5, 5.41) is 17.5. The van der Waals surface area contributed by atoms with Gasteiger partial charge >= 0.3 is 5.97 Å². The number of carboxylic acid groups (broad SMARTS) is 1. The fraction of sp³-hybridized carbons (Fsp3) is 0.778. The average molecular weight is 218 g/mol. The standard InChI is InChI=1S/C9H18N2O4/c1-6(12)5-11(2)9(15)7(10)3-4-8(13)14/h6-7,12H,3-5,10H2,1-2H3,(H,13,14). The van der Waals surface area contributed by atoms with Crippen molar-refractivity contribution in [3.63, 3.8) is 0 Å². The Hall–Kier alpha value is -1.14. The maximum absolute atomic E-state index is 11.5. The quantitative estimate of drug-likeness (QED) is 0.531. The predicted octanol–water partition coefficient (Wildman–Crippen LogP) is -0.982. The number of hydrogen-bond donors (Lipinski definition) is 3. The first kappa shape index (κ1) is 13.9. The Morgan fingerprint density at radius 3 is 2.40 bits per heavy atom. The van der Waals surface area contributed by atoms with Gasteiger partial charge in [0.1, 0.15) is 0 Å². The number of carbonyl (C=O) groups is 2. The lowest BCUT2D eigenvalue weighted by molar-refractivity contribution is -0.137. The van der Waals surface area contributed by atoms with E-state index in [1.165, 1.54) is 11.9 Å². The second kappa shape index (κ2) is 6.36. The molecule has 6 heteroatoms. The molecule has 0 spiro atoms. The summed E-state index contributed by atoms with van der Waals surface area (Å²) in [7, 11) is 1.52. The first-order valence-corrected chi connectivity index (χ1v) is 4.75. The monoisotopic (exact) mass is 218 g/mol. The van der Waals surface area contributed by atoms with Crippen LogP contribution in [0.4, 0.5) is 0 Å². The van der Waals surface area contributed by atoms with Crippen molar-refractivity contribution in [2.75, 3.05) is 13.6 Å². The first-order valence-electron chi connectivity index (χ1n) is 4.75. The molecule has 1 amide bonds. The molecule has 0 bridgehead atoms. The molecular formula is C9H18N2O4. The van der Waals surface area contributed by atoms with Crippen LogP contribution in [0.25, 0.3) is 0 Å². The molecule has 0 aromatic heterocycles. The van der Waals surface area contributed by atoms with Crippen LogP contribution in [0.15, 0.2) is 0 Å². The molecule has 0 aliphatic carbocycles. The zero-order chi connectivity index (χ0) is 12.0. The van der Waals surface area contributed by atoms with Crippen LogP contribution in [0.5, 0.6) is 0 Å². The van der Waals surface area contributed by atoms with Crippen molar-refractivity contribution in [1.29, 1.82) is 0 Å². The zero-order valence-corrected chi connectivity index (χ0v) is 9.01. The van der Waals surface area contributed by atoms with Crippen LogP contribution >= 0.6 is 0 Å². The molecule has 0 radical (unpaired) electrons. The number of nitrogens with two attached hydrogens (primary N) is 1.